The summed E-state index contributed by atoms with van der Waals surface area (Å²) in [5, 5.41) is 2.56. The topological polar surface area (TPSA) is 41.6 Å². The van der Waals surface area contributed by atoms with Crippen molar-refractivity contribution in [3.63, 3.8) is 0 Å². The summed E-state index contributed by atoms with van der Waals surface area (Å²) >= 11 is 3.24. The third kappa shape index (κ3) is 3.12. The lowest BCUT2D eigenvalue weighted by atomic mass is 10.1. The van der Waals surface area contributed by atoms with Crippen LogP contribution in [-0.4, -0.2) is 19.7 Å². The summed E-state index contributed by atoms with van der Waals surface area (Å²) in [6, 6.07) is 3.65. The number of nitrogens with zero attached hydrogens (tertiary/aromatic N) is 1. The Morgan fingerprint density at radius 3 is 2.59 bits per heavy atom. The SMILES string of the molecule is CCOc1cc(C)c(N(Br)C(=O)NC)cc1C. The molecule has 0 saturated heterocycles. The van der Waals surface area contributed by atoms with Gasteiger partial charge in [0.25, 0.3) is 0 Å². The fourth-order valence-corrected chi connectivity index (χ4v) is 2.06. The van der Waals surface area contributed by atoms with Gasteiger partial charge in [-0.05, 0) is 44.0 Å². The van der Waals surface area contributed by atoms with E-state index in [4.69, 9.17) is 4.74 Å². The molecule has 5 heteroatoms. The Bertz CT molecular complexity index is 421. The number of ether oxygens (including phenoxy) is 1. The maximum atomic E-state index is 11.5. The number of carbonyl (C=O) groups is 1. The van der Waals surface area contributed by atoms with Gasteiger partial charge in [-0.25, -0.2) is 8.72 Å². The number of halogens is 1. The summed E-state index contributed by atoms with van der Waals surface area (Å²) in [6.45, 7) is 6.48. The number of anilines is 1. The lowest BCUT2D eigenvalue weighted by molar-refractivity contribution is 0.252. The second kappa shape index (κ2) is 5.91. The van der Waals surface area contributed by atoms with Crippen LogP contribution in [0.4, 0.5) is 10.5 Å². The molecule has 0 radical (unpaired) electrons. The third-order valence-electron chi connectivity index (χ3n) is 2.40. The summed E-state index contributed by atoms with van der Waals surface area (Å²) < 4.78 is 6.91. The average molecular weight is 301 g/mol. The highest BCUT2D eigenvalue weighted by molar-refractivity contribution is 9.10. The van der Waals surface area contributed by atoms with Crippen LogP contribution in [0.1, 0.15) is 18.1 Å². The quantitative estimate of drug-likeness (QED) is 0.871. The molecule has 0 atom stereocenters. The smallest absolute Gasteiger partial charge is 0.331 e. The summed E-state index contributed by atoms with van der Waals surface area (Å²) in [5.74, 6) is 0.853. The van der Waals surface area contributed by atoms with Crippen molar-refractivity contribution in [3.05, 3.63) is 23.3 Å². The molecule has 0 fully saturated rings. The highest BCUT2D eigenvalue weighted by atomic mass is 79.9. The largest absolute Gasteiger partial charge is 0.494 e. The zero-order chi connectivity index (χ0) is 13.0. The molecule has 0 aliphatic rings. The normalized spacial score (nSPS) is 9.94. The van der Waals surface area contributed by atoms with Gasteiger partial charge >= 0.3 is 6.03 Å². The van der Waals surface area contributed by atoms with Crippen LogP contribution in [0.5, 0.6) is 5.75 Å². The number of aryl methyl sites for hydroxylation is 2. The number of carbonyl (C=O) groups excluding carboxylic acids is 1. The fraction of sp³-hybridized carbons (Fsp3) is 0.417. The van der Waals surface area contributed by atoms with Gasteiger partial charge in [0.15, 0.2) is 0 Å². The number of nitrogens with one attached hydrogen (secondary N) is 1. The van der Waals surface area contributed by atoms with Crippen LogP contribution < -0.4 is 14.0 Å². The molecular formula is C12H17BrN2O2. The summed E-state index contributed by atoms with van der Waals surface area (Å²) in [4.78, 5) is 11.5. The van der Waals surface area contributed by atoms with E-state index in [2.05, 4.69) is 21.5 Å². The summed E-state index contributed by atoms with van der Waals surface area (Å²) in [5.41, 5.74) is 2.78. The molecule has 0 heterocycles. The first-order chi connectivity index (χ1) is 8.01. The van der Waals surface area contributed by atoms with E-state index < -0.39 is 0 Å². The predicted molar refractivity (Wildman–Crippen MR) is 72.9 cm³/mol. The van der Waals surface area contributed by atoms with E-state index in [-0.39, 0.29) is 6.03 Å². The van der Waals surface area contributed by atoms with Crippen molar-refractivity contribution in [2.24, 2.45) is 0 Å². The van der Waals surface area contributed by atoms with Crippen molar-refractivity contribution >= 4 is 27.9 Å². The Balaban J connectivity index is 3.10. The molecular weight excluding hydrogens is 284 g/mol. The monoisotopic (exact) mass is 300 g/mol. The first-order valence-corrected chi connectivity index (χ1v) is 6.13. The van der Waals surface area contributed by atoms with Crippen LogP contribution in [0.15, 0.2) is 12.1 Å². The summed E-state index contributed by atoms with van der Waals surface area (Å²) in [6.07, 6.45) is 0. The van der Waals surface area contributed by atoms with E-state index in [1.165, 1.54) is 3.93 Å². The molecule has 0 saturated carbocycles. The number of hydrogen-bond acceptors (Lipinski definition) is 2. The van der Waals surface area contributed by atoms with Crippen LogP contribution in [-0.2, 0) is 0 Å². The van der Waals surface area contributed by atoms with Gasteiger partial charge in [-0.1, -0.05) is 0 Å². The predicted octanol–water partition coefficient (Wildman–Crippen LogP) is 3.16. The lowest BCUT2D eigenvalue weighted by Gasteiger charge is -2.18. The maximum Gasteiger partial charge on any atom is 0.331 e. The standard InChI is InChI=1S/C12H17BrN2O2/c1-5-17-11-7-8(2)10(6-9(11)3)15(13)12(16)14-4/h6-7H,5H2,1-4H3,(H,14,16). The molecule has 0 bridgehead atoms. The number of benzene rings is 1. The second-order valence-corrected chi connectivity index (χ2v) is 4.38. The highest BCUT2D eigenvalue weighted by Crippen LogP contribution is 2.30. The number of hydrogen-bond donors (Lipinski definition) is 1. The van der Waals surface area contributed by atoms with Gasteiger partial charge in [0.2, 0.25) is 0 Å². The van der Waals surface area contributed by atoms with Gasteiger partial charge in [-0.15, -0.1) is 0 Å². The van der Waals surface area contributed by atoms with Crippen molar-refractivity contribution in [2.75, 3.05) is 17.6 Å². The third-order valence-corrected chi connectivity index (χ3v) is 3.10. The lowest BCUT2D eigenvalue weighted by Crippen LogP contribution is -2.30. The zero-order valence-corrected chi connectivity index (χ0v) is 12.1. The first kappa shape index (κ1) is 13.8. The van der Waals surface area contributed by atoms with E-state index in [1.807, 2.05) is 32.9 Å². The molecule has 1 rings (SSSR count). The van der Waals surface area contributed by atoms with E-state index in [9.17, 15) is 4.79 Å². The number of rotatable bonds is 3. The van der Waals surface area contributed by atoms with Crippen LogP contribution >= 0.6 is 16.1 Å². The van der Waals surface area contributed by atoms with E-state index in [0.29, 0.717) is 6.61 Å². The Hall–Kier alpha value is -1.23. The molecule has 17 heavy (non-hydrogen) atoms. The summed E-state index contributed by atoms with van der Waals surface area (Å²) in [7, 11) is 1.59. The molecule has 0 aliphatic heterocycles. The maximum absolute atomic E-state index is 11.5. The van der Waals surface area contributed by atoms with Gasteiger partial charge in [-0.3, -0.25) is 0 Å². The van der Waals surface area contributed by atoms with Crippen LogP contribution in [0.25, 0.3) is 0 Å². The fourth-order valence-electron chi connectivity index (χ4n) is 1.50. The minimum Gasteiger partial charge on any atom is -0.494 e. The van der Waals surface area contributed by atoms with Crippen molar-refractivity contribution in [2.45, 2.75) is 20.8 Å². The van der Waals surface area contributed by atoms with Crippen molar-refractivity contribution < 1.29 is 9.53 Å². The van der Waals surface area contributed by atoms with E-state index >= 15 is 0 Å². The molecule has 0 aromatic heterocycles. The molecule has 4 nitrogen and oxygen atoms in total. The van der Waals surface area contributed by atoms with Crippen molar-refractivity contribution in [1.82, 2.24) is 5.32 Å². The Morgan fingerprint density at radius 1 is 1.41 bits per heavy atom. The van der Waals surface area contributed by atoms with Crippen LogP contribution in [0, 0.1) is 13.8 Å². The molecule has 0 spiro atoms. The number of amides is 2. The molecule has 0 aliphatic carbocycles. The molecule has 94 valence electrons. The van der Waals surface area contributed by atoms with Crippen LogP contribution in [0.2, 0.25) is 0 Å². The second-order valence-electron chi connectivity index (χ2n) is 3.67. The molecule has 1 N–H and O–H groups in total. The van der Waals surface area contributed by atoms with Gasteiger partial charge < -0.3 is 10.1 Å². The Kier molecular flexibility index (Phi) is 4.81. The molecule has 1 aromatic carbocycles. The minimum atomic E-state index is -0.211. The van der Waals surface area contributed by atoms with Gasteiger partial charge in [0.05, 0.1) is 28.4 Å². The van der Waals surface area contributed by atoms with Gasteiger partial charge in [0, 0.05) is 7.05 Å². The van der Waals surface area contributed by atoms with Crippen molar-refractivity contribution in [3.8, 4) is 5.75 Å². The van der Waals surface area contributed by atoms with Crippen molar-refractivity contribution in [1.29, 1.82) is 0 Å². The van der Waals surface area contributed by atoms with Gasteiger partial charge in [-0.2, -0.15) is 0 Å². The molecule has 0 unspecified atom stereocenters. The molecule has 2 amide bonds. The molecule has 1 aromatic rings. The van der Waals surface area contributed by atoms with Gasteiger partial charge in [0.1, 0.15) is 5.75 Å². The Labute approximate surface area is 110 Å². The number of urea groups is 1. The zero-order valence-electron chi connectivity index (χ0n) is 10.5. The highest BCUT2D eigenvalue weighted by Gasteiger charge is 2.15. The Morgan fingerprint density at radius 2 is 2.06 bits per heavy atom. The first-order valence-electron chi connectivity index (χ1n) is 5.42. The average Bonchev–Trinajstić information content (AvgIpc) is 2.31. The van der Waals surface area contributed by atoms with Crippen LogP contribution in [0.3, 0.4) is 0 Å². The van der Waals surface area contributed by atoms with E-state index in [0.717, 1.165) is 22.6 Å². The minimum absolute atomic E-state index is 0.211. The van der Waals surface area contributed by atoms with E-state index in [1.54, 1.807) is 7.05 Å².